The van der Waals surface area contributed by atoms with E-state index in [4.69, 9.17) is 5.73 Å². The number of amides is 2. The number of halogens is 1. The van der Waals surface area contributed by atoms with E-state index < -0.39 is 11.9 Å². The van der Waals surface area contributed by atoms with Gasteiger partial charge in [0.05, 0.1) is 0 Å². The summed E-state index contributed by atoms with van der Waals surface area (Å²) >= 11 is 2.19. The highest BCUT2D eigenvalue weighted by Gasteiger charge is 2.17. The second-order valence-electron chi connectivity index (χ2n) is 3.45. The van der Waals surface area contributed by atoms with Gasteiger partial charge in [0.15, 0.2) is 0 Å². The Kier molecular flexibility index (Phi) is 4.72. The number of hydrogen-bond acceptors (Lipinski definition) is 2. The Balaban J connectivity index is 2.80. The second kappa shape index (κ2) is 5.83. The van der Waals surface area contributed by atoms with E-state index in [2.05, 4.69) is 27.9 Å². The van der Waals surface area contributed by atoms with Gasteiger partial charge in [-0.3, -0.25) is 9.59 Å². The second-order valence-corrected chi connectivity index (χ2v) is 4.61. The predicted molar refractivity (Wildman–Crippen MR) is 69.7 cm³/mol. The third-order valence-corrected chi connectivity index (χ3v) is 3.16. The van der Waals surface area contributed by atoms with Gasteiger partial charge in [-0.05, 0) is 34.2 Å². The molecule has 5 heteroatoms. The molecule has 1 aromatic carbocycles. The molecule has 4 nitrogen and oxygen atoms in total. The summed E-state index contributed by atoms with van der Waals surface area (Å²) in [5, 5.41) is 2.54. The van der Waals surface area contributed by atoms with Crippen molar-refractivity contribution in [2.24, 2.45) is 5.73 Å². The maximum atomic E-state index is 11.2. The van der Waals surface area contributed by atoms with E-state index in [9.17, 15) is 9.59 Å². The molecule has 0 aromatic heterocycles. The number of primary amides is 1. The lowest BCUT2D eigenvalue weighted by molar-refractivity contribution is -0.126. The first-order chi connectivity index (χ1) is 7.50. The van der Waals surface area contributed by atoms with Gasteiger partial charge in [0.25, 0.3) is 0 Å². The van der Waals surface area contributed by atoms with Gasteiger partial charge >= 0.3 is 0 Å². The Morgan fingerprint density at radius 2 is 2.06 bits per heavy atom. The minimum atomic E-state index is -0.645. The maximum absolute atomic E-state index is 11.2. The Labute approximate surface area is 108 Å². The molecule has 2 amide bonds. The van der Waals surface area contributed by atoms with Crippen LogP contribution in [-0.2, 0) is 16.0 Å². The smallest absolute Gasteiger partial charge is 0.240 e. The molecule has 0 heterocycles. The third kappa shape index (κ3) is 3.80. The molecule has 0 spiro atoms. The molecule has 0 radical (unpaired) electrons. The lowest BCUT2D eigenvalue weighted by Gasteiger charge is -2.15. The number of carbonyl (C=O) groups is 2. The van der Waals surface area contributed by atoms with Crippen LogP contribution in [0.3, 0.4) is 0 Å². The summed E-state index contributed by atoms with van der Waals surface area (Å²) in [5.74, 6) is -0.774. The average molecular weight is 332 g/mol. The van der Waals surface area contributed by atoms with E-state index in [1.54, 1.807) is 0 Å². The number of nitrogens with two attached hydrogens (primary N) is 1. The van der Waals surface area contributed by atoms with Crippen LogP contribution >= 0.6 is 22.6 Å². The zero-order chi connectivity index (χ0) is 12.1. The largest absolute Gasteiger partial charge is 0.368 e. The topological polar surface area (TPSA) is 72.2 Å². The SMILES string of the molecule is CC(=O)N[C@@H](Cc1ccccc1I)C(N)=O. The first-order valence-electron chi connectivity index (χ1n) is 4.80. The molecule has 0 aliphatic rings. The van der Waals surface area contributed by atoms with Crippen molar-refractivity contribution in [3.05, 3.63) is 33.4 Å². The van der Waals surface area contributed by atoms with E-state index in [-0.39, 0.29) is 5.91 Å². The summed E-state index contributed by atoms with van der Waals surface area (Å²) in [4.78, 5) is 22.1. The van der Waals surface area contributed by atoms with Crippen molar-refractivity contribution in [2.75, 3.05) is 0 Å². The van der Waals surface area contributed by atoms with Crippen molar-refractivity contribution in [3.63, 3.8) is 0 Å². The van der Waals surface area contributed by atoms with Crippen molar-refractivity contribution in [1.29, 1.82) is 0 Å². The van der Waals surface area contributed by atoms with Gasteiger partial charge in [0.2, 0.25) is 11.8 Å². The maximum Gasteiger partial charge on any atom is 0.240 e. The van der Waals surface area contributed by atoms with Gasteiger partial charge < -0.3 is 11.1 Å². The van der Waals surface area contributed by atoms with E-state index in [0.717, 1.165) is 9.13 Å². The average Bonchev–Trinajstić information content (AvgIpc) is 2.19. The van der Waals surface area contributed by atoms with Gasteiger partial charge in [0, 0.05) is 16.9 Å². The summed E-state index contributed by atoms with van der Waals surface area (Å²) in [6, 6.07) is 7.03. The zero-order valence-corrected chi connectivity index (χ0v) is 11.0. The first-order valence-corrected chi connectivity index (χ1v) is 5.88. The Morgan fingerprint density at radius 1 is 1.44 bits per heavy atom. The minimum Gasteiger partial charge on any atom is -0.368 e. The lowest BCUT2D eigenvalue weighted by atomic mass is 10.1. The zero-order valence-electron chi connectivity index (χ0n) is 8.87. The highest BCUT2D eigenvalue weighted by atomic mass is 127. The molecule has 1 rings (SSSR count). The summed E-state index contributed by atoms with van der Waals surface area (Å²) in [5.41, 5.74) is 6.23. The van der Waals surface area contributed by atoms with Crippen molar-refractivity contribution >= 4 is 34.4 Å². The molecular formula is C11H13IN2O2. The molecule has 0 aliphatic heterocycles. The Bertz CT molecular complexity index is 407. The number of hydrogen-bond donors (Lipinski definition) is 2. The molecule has 0 unspecified atom stereocenters. The molecule has 0 saturated carbocycles. The van der Waals surface area contributed by atoms with Crippen LogP contribution in [0.2, 0.25) is 0 Å². The van der Waals surface area contributed by atoms with E-state index in [0.29, 0.717) is 6.42 Å². The highest BCUT2D eigenvalue weighted by molar-refractivity contribution is 14.1. The van der Waals surface area contributed by atoms with Crippen molar-refractivity contribution in [2.45, 2.75) is 19.4 Å². The molecule has 0 aliphatic carbocycles. The summed E-state index contributed by atoms with van der Waals surface area (Å²) in [6.07, 6.45) is 0.425. The summed E-state index contributed by atoms with van der Waals surface area (Å²) < 4.78 is 1.05. The van der Waals surface area contributed by atoms with Crippen LogP contribution in [0.15, 0.2) is 24.3 Å². The fraction of sp³-hybridized carbons (Fsp3) is 0.273. The summed E-state index contributed by atoms with van der Waals surface area (Å²) in [6.45, 7) is 1.37. The van der Waals surface area contributed by atoms with Crippen LogP contribution in [0.1, 0.15) is 12.5 Å². The minimum absolute atomic E-state index is 0.255. The van der Waals surface area contributed by atoms with Gasteiger partial charge in [-0.2, -0.15) is 0 Å². The summed E-state index contributed by atoms with van der Waals surface area (Å²) in [7, 11) is 0. The standard InChI is InChI=1S/C11H13IN2O2/c1-7(15)14-10(11(13)16)6-8-4-2-3-5-9(8)12/h2-5,10H,6H2,1H3,(H2,13,16)(H,14,15)/t10-/m0/s1. The highest BCUT2D eigenvalue weighted by Crippen LogP contribution is 2.13. The third-order valence-electron chi connectivity index (χ3n) is 2.10. The first kappa shape index (κ1) is 13.0. The van der Waals surface area contributed by atoms with E-state index in [1.807, 2.05) is 24.3 Å². The van der Waals surface area contributed by atoms with Crippen LogP contribution < -0.4 is 11.1 Å². The van der Waals surface area contributed by atoms with E-state index in [1.165, 1.54) is 6.92 Å². The number of nitrogens with one attached hydrogen (secondary N) is 1. The molecule has 0 fully saturated rings. The molecule has 0 saturated heterocycles. The number of carbonyl (C=O) groups excluding carboxylic acids is 2. The molecule has 16 heavy (non-hydrogen) atoms. The van der Waals surface area contributed by atoms with Gasteiger partial charge in [-0.1, -0.05) is 18.2 Å². The quantitative estimate of drug-likeness (QED) is 0.802. The van der Waals surface area contributed by atoms with Crippen molar-refractivity contribution < 1.29 is 9.59 Å². The van der Waals surface area contributed by atoms with Crippen LogP contribution in [0.25, 0.3) is 0 Å². The Hall–Kier alpha value is -1.11. The fourth-order valence-corrected chi connectivity index (χ4v) is 1.96. The normalized spacial score (nSPS) is 11.9. The molecule has 1 atom stereocenters. The number of rotatable bonds is 4. The van der Waals surface area contributed by atoms with Crippen LogP contribution in [0.5, 0.6) is 0 Å². The fourth-order valence-electron chi connectivity index (χ4n) is 1.35. The van der Waals surface area contributed by atoms with Crippen LogP contribution in [0, 0.1) is 3.57 Å². The van der Waals surface area contributed by atoms with Crippen molar-refractivity contribution in [3.8, 4) is 0 Å². The molecular weight excluding hydrogens is 319 g/mol. The van der Waals surface area contributed by atoms with Gasteiger partial charge in [-0.25, -0.2) is 0 Å². The molecule has 3 N–H and O–H groups in total. The van der Waals surface area contributed by atoms with Crippen LogP contribution in [0.4, 0.5) is 0 Å². The molecule has 1 aromatic rings. The monoisotopic (exact) mass is 332 g/mol. The van der Waals surface area contributed by atoms with Gasteiger partial charge in [-0.15, -0.1) is 0 Å². The molecule has 0 bridgehead atoms. The van der Waals surface area contributed by atoms with Crippen molar-refractivity contribution in [1.82, 2.24) is 5.32 Å². The van der Waals surface area contributed by atoms with Crippen LogP contribution in [-0.4, -0.2) is 17.9 Å². The lowest BCUT2D eigenvalue weighted by Crippen LogP contribution is -2.45. The Morgan fingerprint density at radius 3 is 2.56 bits per heavy atom. The number of benzene rings is 1. The predicted octanol–water partition coefficient (Wildman–Crippen LogP) is 0.824. The van der Waals surface area contributed by atoms with Gasteiger partial charge in [0.1, 0.15) is 6.04 Å². The molecule has 86 valence electrons. The van der Waals surface area contributed by atoms with E-state index >= 15 is 0 Å².